The van der Waals surface area contributed by atoms with Crippen LogP contribution in [0, 0.1) is 18.7 Å². The first-order chi connectivity index (χ1) is 10.5. The van der Waals surface area contributed by atoms with Crippen molar-refractivity contribution >= 4 is 11.3 Å². The number of aromatic nitrogens is 1. The zero-order valence-electron chi connectivity index (χ0n) is 13.5. The van der Waals surface area contributed by atoms with Crippen LogP contribution in [0.1, 0.15) is 23.7 Å². The highest BCUT2D eigenvalue weighted by atomic mass is 32.1. The molecule has 1 aromatic carbocycles. The van der Waals surface area contributed by atoms with Crippen molar-refractivity contribution in [3.05, 3.63) is 33.9 Å². The molecule has 0 saturated heterocycles. The maximum atomic E-state index is 13.8. The average molecular weight is 323 g/mol. The Hall–Kier alpha value is -1.46. The lowest BCUT2D eigenvalue weighted by molar-refractivity contribution is 0.144. The van der Waals surface area contributed by atoms with Crippen molar-refractivity contribution < 1.29 is 13.9 Å². The van der Waals surface area contributed by atoms with Crippen molar-refractivity contribution in [3.63, 3.8) is 0 Å². The summed E-state index contributed by atoms with van der Waals surface area (Å²) < 4.78 is 24.2. The van der Waals surface area contributed by atoms with E-state index in [1.54, 1.807) is 30.6 Å². The molecule has 2 rings (SSSR count). The van der Waals surface area contributed by atoms with Gasteiger partial charge in [0.1, 0.15) is 6.61 Å². The number of rotatable bonds is 7. The molecule has 1 heterocycles. The van der Waals surface area contributed by atoms with Crippen LogP contribution in [0.5, 0.6) is 5.75 Å². The monoisotopic (exact) mass is 323 g/mol. The molecule has 0 aliphatic heterocycles. The molecule has 0 amide bonds. The Morgan fingerprint density at radius 1 is 1.27 bits per heavy atom. The van der Waals surface area contributed by atoms with E-state index < -0.39 is 0 Å². The van der Waals surface area contributed by atoms with Gasteiger partial charge >= 0.3 is 0 Å². The summed E-state index contributed by atoms with van der Waals surface area (Å²) in [6.07, 6.45) is 0.970. The highest BCUT2D eigenvalue weighted by Crippen LogP contribution is 2.32. The van der Waals surface area contributed by atoms with Gasteiger partial charge in [-0.25, -0.2) is 9.37 Å². The van der Waals surface area contributed by atoms with Gasteiger partial charge in [-0.05, 0) is 37.5 Å². The van der Waals surface area contributed by atoms with Crippen LogP contribution < -0.4 is 4.74 Å². The maximum absolute atomic E-state index is 13.8. The van der Waals surface area contributed by atoms with E-state index in [4.69, 9.17) is 9.47 Å². The lowest BCUT2D eigenvalue weighted by atomic mass is 10.0. The SMILES string of the molecule is COCCOc1cc(-c2nc(C)sc2CC(C)C)ccc1F. The van der Waals surface area contributed by atoms with Gasteiger partial charge in [0.05, 0.1) is 17.3 Å². The molecule has 120 valence electrons. The molecule has 2 aromatic rings. The predicted molar refractivity (Wildman–Crippen MR) is 88.2 cm³/mol. The highest BCUT2D eigenvalue weighted by Gasteiger charge is 2.15. The van der Waals surface area contributed by atoms with Crippen molar-refractivity contribution in [2.75, 3.05) is 20.3 Å². The summed E-state index contributed by atoms with van der Waals surface area (Å²) in [7, 11) is 1.59. The molecule has 0 fully saturated rings. The van der Waals surface area contributed by atoms with Crippen LogP contribution in [-0.2, 0) is 11.2 Å². The standard InChI is InChI=1S/C17H22FNO2S/c1-11(2)9-16-17(19-12(3)22-16)13-5-6-14(18)15(10-13)21-8-7-20-4/h5-6,10-11H,7-9H2,1-4H3. The highest BCUT2D eigenvalue weighted by molar-refractivity contribution is 7.12. The minimum absolute atomic E-state index is 0.246. The largest absolute Gasteiger partial charge is 0.488 e. The third-order valence-corrected chi connectivity index (χ3v) is 4.14. The summed E-state index contributed by atoms with van der Waals surface area (Å²) in [5.74, 6) is 0.435. The van der Waals surface area contributed by atoms with Crippen LogP contribution in [0.25, 0.3) is 11.3 Å². The number of hydrogen-bond acceptors (Lipinski definition) is 4. The molecule has 0 bridgehead atoms. The van der Waals surface area contributed by atoms with Crippen LogP contribution >= 0.6 is 11.3 Å². The summed E-state index contributed by atoms with van der Waals surface area (Å²) >= 11 is 1.70. The summed E-state index contributed by atoms with van der Waals surface area (Å²) in [5, 5.41) is 1.02. The third kappa shape index (κ3) is 4.27. The van der Waals surface area contributed by atoms with Crippen molar-refractivity contribution in [2.24, 2.45) is 5.92 Å². The smallest absolute Gasteiger partial charge is 0.165 e. The molecule has 1 aromatic heterocycles. The summed E-state index contributed by atoms with van der Waals surface area (Å²) in [5.41, 5.74) is 1.83. The predicted octanol–water partition coefficient (Wildman–Crippen LogP) is 4.48. The number of aryl methyl sites for hydroxylation is 1. The average Bonchev–Trinajstić information content (AvgIpc) is 2.81. The number of benzene rings is 1. The fourth-order valence-corrected chi connectivity index (χ4v) is 3.37. The number of ether oxygens (including phenoxy) is 2. The zero-order valence-corrected chi connectivity index (χ0v) is 14.3. The molecule has 0 saturated carbocycles. The second-order valence-electron chi connectivity index (χ2n) is 5.59. The number of hydrogen-bond donors (Lipinski definition) is 0. The Bertz CT molecular complexity index is 625. The van der Waals surface area contributed by atoms with Gasteiger partial charge in [-0.3, -0.25) is 0 Å². The Kier molecular flexibility index (Phi) is 5.91. The molecule has 5 heteroatoms. The molecule has 3 nitrogen and oxygen atoms in total. The first kappa shape index (κ1) is 16.9. The number of methoxy groups -OCH3 is 1. The van der Waals surface area contributed by atoms with Crippen molar-refractivity contribution in [2.45, 2.75) is 27.2 Å². The van der Waals surface area contributed by atoms with Gasteiger partial charge in [-0.15, -0.1) is 11.3 Å². The van der Waals surface area contributed by atoms with Crippen LogP contribution in [0.3, 0.4) is 0 Å². The molecule has 0 N–H and O–H groups in total. The molecule has 22 heavy (non-hydrogen) atoms. The molecule has 0 radical (unpaired) electrons. The summed E-state index contributed by atoms with van der Waals surface area (Å²) in [4.78, 5) is 5.85. The van der Waals surface area contributed by atoms with E-state index >= 15 is 0 Å². The topological polar surface area (TPSA) is 31.4 Å². The number of thiazole rings is 1. The van der Waals surface area contributed by atoms with Crippen LogP contribution in [-0.4, -0.2) is 25.3 Å². The van der Waals surface area contributed by atoms with Gasteiger partial charge in [0.2, 0.25) is 0 Å². The van der Waals surface area contributed by atoms with Crippen molar-refractivity contribution in [3.8, 4) is 17.0 Å². The number of nitrogens with zero attached hydrogens (tertiary/aromatic N) is 1. The van der Waals surface area contributed by atoms with Crippen LogP contribution in [0.2, 0.25) is 0 Å². The van der Waals surface area contributed by atoms with Gasteiger partial charge in [-0.2, -0.15) is 0 Å². The summed E-state index contributed by atoms with van der Waals surface area (Å²) in [6, 6.07) is 4.92. The molecule has 0 aliphatic carbocycles. The Morgan fingerprint density at radius 3 is 2.73 bits per heavy atom. The van der Waals surface area contributed by atoms with Gasteiger partial charge in [0, 0.05) is 17.6 Å². The van der Waals surface area contributed by atoms with Crippen molar-refractivity contribution in [1.29, 1.82) is 0 Å². The fraction of sp³-hybridized carbons (Fsp3) is 0.471. The normalized spacial score (nSPS) is 11.2. The van der Waals surface area contributed by atoms with Gasteiger partial charge in [0.25, 0.3) is 0 Å². The van der Waals surface area contributed by atoms with E-state index in [0.29, 0.717) is 19.1 Å². The lowest BCUT2D eigenvalue weighted by Crippen LogP contribution is -2.05. The molecule has 0 spiro atoms. The minimum Gasteiger partial charge on any atom is -0.488 e. The second kappa shape index (κ2) is 7.70. The first-order valence-electron chi connectivity index (χ1n) is 7.39. The van der Waals surface area contributed by atoms with Crippen LogP contribution in [0.15, 0.2) is 18.2 Å². The van der Waals surface area contributed by atoms with Gasteiger partial charge in [-0.1, -0.05) is 13.8 Å². The van der Waals surface area contributed by atoms with Crippen LogP contribution in [0.4, 0.5) is 4.39 Å². The molecule has 0 atom stereocenters. The third-order valence-electron chi connectivity index (χ3n) is 3.15. The van der Waals surface area contributed by atoms with E-state index in [0.717, 1.165) is 22.7 Å². The van der Waals surface area contributed by atoms with E-state index in [1.165, 1.54) is 10.9 Å². The molecule has 0 unspecified atom stereocenters. The maximum Gasteiger partial charge on any atom is 0.165 e. The van der Waals surface area contributed by atoms with Gasteiger partial charge in [0.15, 0.2) is 11.6 Å². The molecular weight excluding hydrogens is 301 g/mol. The van der Waals surface area contributed by atoms with E-state index in [2.05, 4.69) is 18.8 Å². The molecule has 0 aliphatic rings. The quantitative estimate of drug-likeness (QED) is 0.704. The lowest BCUT2D eigenvalue weighted by Gasteiger charge is -2.09. The van der Waals surface area contributed by atoms with Gasteiger partial charge < -0.3 is 9.47 Å². The first-order valence-corrected chi connectivity index (χ1v) is 8.21. The Labute approximate surface area is 135 Å². The number of halogens is 1. The van der Waals surface area contributed by atoms with E-state index in [-0.39, 0.29) is 11.6 Å². The Balaban J connectivity index is 2.30. The zero-order chi connectivity index (χ0) is 16.1. The minimum atomic E-state index is -0.364. The van der Waals surface area contributed by atoms with Crippen molar-refractivity contribution in [1.82, 2.24) is 4.98 Å². The van der Waals surface area contributed by atoms with E-state index in [9.17, 15) is 4.39 Å². The Morgan fingerprint density at radius 2 is 2.05 bits per heavy atom. The molecular formula is C17H22FNO2S. The fourth-order valence-electron chi connectivity index (χ4n) is 2.20. The van der Waals surface area contributed by atoms with E-state index in [1.807, 2.05) is 6.92 Å². The summed E-state index contributed by atoms with van der Waals surface area (Å²) in [6.45, 7) is 7.12. The second-order valence-corrected chi connectivity index (χ2v) is 6.88.